The van der Waals surface area contributed by atoms with Gasteiger partial charge in [0, 0.05) is 31.7 Å². The molecule has 0 aliphatic carbocycles. The third kappa shape index (κ3) is 3.53. The molecule has 0 amide bonds. The standard InChI is InChI=1S/C17H26N2O/c1-2-10-20-17-5-3-4-14(11-17)12-19-9-8-15-6-7-16(13-19)18-15/h3-5,11,15-16,18H,2,6-10,12-13H2,1H3. The Bertz CT molecular complexity index is 435. The van der Waals surface area contributed by atoms with Crippen LogP contribution >= 0.6 is 0 Å². The van der Waals surface area contributed by atoms with E-state index in [4.69, 9.17) is 4.74 Å². The Balaban J connectivity index is 1.59. The first-order chi connectivity index (χ1) is 9.83. The van der Waals surface area contributed by atoms with Crippen molar-refractivity contribution in [3.8, 4) is 5.75 Å². The highest BCUT2D eigenvalue weighted by atomic mass is 16.5. The van der Waals surface area contributed by atoms with Gasteiger partial charge < -0.3 is 10.1 Å². The van der Waals surface area contributed by atoms with Gasteiger partial charge in [0.2, 0.25) is 0 Å². The molecule has 0 aromatic heterocycles. The van der Waals surface area contributed by atoms with Crippen molar-refractivity contribution in [2.75, 3.05) is 19.7 Å². The lowest BCUT2D eigenvalue weighted by Crippen LogP contribution is -2.34. The number of nitrogens with one attached hydrogen (secondary N) is 1. The number of rotatable bonds is 5. The number of fused-ring (bicyclic) bond motifs is 2. The van der Waals surface area contributed by atoms with Crippen LogP contribution in [0.5, 0.6) is 5.75 Å². The second-order valence-corrected chi connectivity index (χ2v) is 6.16. The van der Waals surface area contributed by atoms with Gasteiger partial charge in [-0.05, 0) is 43.4 Å². The minimum atomic E-state index is 0.710. The zero-order valence-corrected chi connectivity index (χ0v) is 12.5. The van der Waals surface area contributed by atoms with Crippen LogP contribution in [-0.4, -0.2) is 36.7 Å². The molecule has 20 heavy (non-hydrogen) atoms. The summed E-state index contributed by atoms with van der Waals surface area (Å²) in [6.45, 7) is 6.41. The fourth-order valence-corrected chi connectivity index (χ4v) is 3.37. The molecule has 2 unspecified atom stereocenters. The number of likely N-dealkylation sites (tertiary alicyclic amines) is 1. The molecule has 1 aromatic rings. The zero-order valence-electron chi connectivity index (χ0n) is 12.5. The van der Waals surface area contributed by atoms with Crippen LogP contribution in [0, 0.1) is 0 Å². The molecule has 2 atom stereocenters. The maximum absolute atomic E-state index is 5.73. The molecule has 1 N–H and O–H groups in total. The predicted octanol–water partition coefficient (Wildman–Crippen LogP) is 2.80. The van der Waals surface area contributed by atoms with E-state index in [1.165, 1.54) is 37.9 Å². The maximum Gasteiger partial charge on any atom is 0.119 e. The van der Waals surface area contributed by atoms with Crippen LogP contribution < -0.4 is 10.1 Å². The molecule has 1 aromatic carbocycles. The third-order valence-electron chi connectivity index (χ3n) is 4.38. The zero-order chi connectivity index (χ0) is 13.8. The molecule has 2 aliphatic rings. The molecule has 0 radical (unpaired) electrons. The molecule has 3 rings (SSSR count). The van der Waals surface area contributed by atoms with Gasteiger partial charge in [-0.15, -0.1) is 0 Å². The molecule has 0 spiro atoms. The van der Waals surface area contributed by atoms with E-state index in [1.807, 2.05) is 0 Å². The van der Waals surface area contributed by atoms with Crippen molar-refractivity contribution in [3.05, 3.63) is 29.8 Å². The number of benzene rings is 1. The van der Waals surface area contributed by atoms with Gasteiger partial charge >= 0.3 is 0 Å². The van der Waals surface area contributed by atoms with E-state index in [9.17, 15) is 0 Å². The Morgan fingerprint density at radius 3 is 3.05 bits per heavy atom. The second-order valence-electron chi connectivity index (χ2n) is 6.16. The third-order valence-corrected chi connectivity index (χ3v) is 4.38. The van der Waals surface area contributed by atoms with Crippen LogP contribution in [0.4, 0.5) is 0 Å². The molecule has 2 bridgehead atoms. The highest BCUT2D eigenvalue weighted by Gasteiger charge is 2.28. The molecule has 3 nitrogen and oxygen atoms in total. The van der Waals surface area contributed by atoms with Crippen molar-refractivity contribution in [1.82, 2.24) is 10.2 Å². The van der Waals surface area contributed by atoms with E-state index in [1.54, 1.807) is 0 Å². The number of hydrogen-bond donors (Lipinski definition) is 1. The van der Waals surface area contributed by atoms with Crippen LogP contribution in [0.15, 0.2) is 24.3 Å². The predicted molar refractivity (Wildman–Crippen MR) is 82.1 cm³/mol. The Morgan fingerprint density at radius 2 is 2.15 bits per heavy atom. The Hall–Kier alpha value is -1.06. The SMILES string of the molecule is CCCOc1cccc(CN2CCC3CCC(C2)N3)c1. The van der Waals surface area contributed by atoms with Gasteiger partial charge in [-0.3, -0.25) is 4.90 Å². The molecular weight excluding hydrogens is 248 g/mol. The van der Waals surface area contributed by atoms with Gasteiger partial charge in [-0.25, -0.2) is 0 Å². The Labute approximate surface area is 122 Å². The summed E-state index contributed by atoms with van der Waals surface area (Å²) in [5.41, 5.74) is 1.37. The van der Waals surface area contributed by atoms with E-state index in [0.29, 0.717) is 6.04 Å². The Morgan fingerprint density at radius 1 is 1.25 bits per heavy atom. The van der Waals surface area contributed by atoms with Crippen LogP contribution in [0.3, 0.4) is 0 Å². The van der Waals surface area contributed by atoms with Crippen molar-refractivity contribution < 1.29 is 4.74 Å². The number of ether oxygens (including phenoxy) is 1. The van der Waals surface area contributed by atoms with Crippen molar-refractivity contribution in [2.45, 2.75) is 51.2 Å². The average molecular weight is 274 g/mol. The van der Waals surface area contributed by atoms with Crippen LogP contribution in [-0.2, 0) is 6.54 Å². The molecule has 2 heterocycles. The lowest BCUT2D eigenvalue weighted by molar-refractivity contribution is 0.250. The number of hydrogen-bond acceptors (Lipinski definition) is 3. The largest absolute Gasteiger partial charge is 0.494 e. The first-order valence-corrected chi connectivity index (χ1v) is 8.03. The normalized spacial score (nSPS) is 26.4. The first-order valence-electron chi connectivity index (χ1n) is 8.03. The lowest BCUT2D eigenvalue weighted by atomic mass is 10.1. The van der Waals surface area contributed by atoms with Crippen LogP contribution in [0.25, 0.3) is 0 Å². The van der Waals surface area contributed by atoms with Crippen molar-refractivity contribution >= 4 is 0 Å². The average Bonchev–Trinajstić information content (AvgIpc) is 2.80. The molecular formula is C17H26N2O. The summed E-state index contributed by atoms with van der Waals surface area (Å²) in [6, 6.07) is 10.1. The molecule has 2 fully saturated rings. The molecule has 110 valence electrons. The molecule has 3 heteroatoms. The van der Waals surface area contributed by atoms with Crippen molar-refractivity contribution in [3.63, 3.8) is 0 Å². The highest BCUT2D eigenvalue weighted by molar-refractivity contribution is 5.28. The minimum absolute atomic E-state index is 0.710. The highest BCUT2D eigenvalue weighted by Crippen LogP contribution is 2.22. The Kier molecular flexibility index (Phi) is 4.58. The van der Waals surface area contributed by atoms with Gasteiger partial charge in [-0.2, -0.15) is 0 Å². The summed E-state index contributed by atoms with van der Waals surface area (Å²) < 4.78 is 5.73. The summed E-state index contributed by atoms with van der Waals surface area (Å²) in [4.78, 5) is 2.59. The second kappa shape index (κ2) is 6.59. The van der Waals surface area contributed by atoms with E-state index < -0.39 is 0 Å². The summed E-state index contributed by atoms with van der Waals surface area (Å²) in [5.74, 6) is 1.01. The molecule has 2 saturated heterocycles. The fraction of sp³-hybridized carbons (Fsp3) is 0.647. The van der Waals surface area contributed by atoms with E-state index >= 15 is 0 Å². The monoisotopic (exact) mass is 274 g/mol. The summed E-state index contributed by atoms with van der Waals surface area (Å²) in [6.07, 6.45) is 5.08. The first kappa shape index (κ1) is 13.9. The van der Waals surface area contributed by atoms with Crippen molar-refractivity contribution in [1.29, 1.82) is 0 Å². The summed E-state index contributed by atoms with van der Waals surface area (Å²) in [7, 11) is 0. The summed E-state index contributed by atoms with van der Waals surface area (Å²) in [5, 5.41) is 3.74. The van der Waals surface area contributed by atoms with E-state index in [2.05, 4.69) is 41.4 Å². The number of nitrogens with zero attached hydrogens (tertiary/aromatic N) is 1. The minimum Gasteiger partial charge on any atom is -0.494 e. The van der Waals surface area contributed by atoms with Crippen LogP contribution in [0.2, 0.25) is 0 Å². The lowest BCUT2D eigenvalue weighted by Gasteiger charge is -2.24. The van der Waals surface area contributed by atoms with E-state index in [0.717, 1.165) is 31.4 Å². The van der Waals surface area contributed by atoms with Crippen LogP contribution in [0.1, 0.15) is 38.2 Å². The van der Waals surface area contributed by atoms with Gasteiger partial charge in [0.25, 0.3) is 0 Å². The fourth-order valence-electron chi connectivity index (χ4n) is 3.37. The van der Waals surface area contributed by atoms with Gasteiger partial charge in [0.15, 0.2) is 0 Å². The molecule has 0 saturated carbocycles. The topological polar surface area (TPSA) is 24.5 Å². The van der Waals surface area contributed by atoms with Gasteiger partial charge in [0.1, 0.15) is 5.75 Å². The van der Waals surface area contributed by atoms with Gasteiger partial charge in [-0.1, -0.05) is 19.1 Å². The molecule has 2 aliphatic heterocycles. The smallest absolute Gasteiger partial charge is 0.119 e. The van der Waals surface area contributed by atoms with E-state index in [-0.39, 0.29) is 0 Å². The van der Waals surface area contributed by atoms with Gasteiger partial charge in [0.05, 0.1) is 6.61 Å². The quantitative estimate of drug-likeness (QED) is 0.893. The summed E-state index contributed by atoms with van der Waals surface area (Å²) >= 11 is 0. The van der Waals surface area contributed by atoms with Crippen molar-refractivity contribution in [2.24, 2.45) is 0 Å². The maximum atomic E-state index is 5.73.